The van der Waals surface area contributed by atoms with Gasteiger partial charge in [-0.15, -0.1) is 0 Å². The van der Waals surface area contributed by atoms with Gasteiger partial charge in [0.15, 0.2) is 0 Å². The van der Waals surface area contributed by atoms with Gasteiger partial charge in [0.25, 0.3) is 0 Å². The highest BCUT2D eigenvalue weighted by Gasteiger charge is 2.24. The summed E-state index contributed by atoms with van der Waals surface area (Å²) in [5, 5.41) is 11.2. The van der Waals surface area contributed by atoms with Crippen molar-refractivity contribution >= 4 is 35.0 Å². The number of nitrogens with zero attached hydrogens (tertiary/aromatic N) is 3. The molecule has 3 amide bonds. The van der Waals surface area contributed by atoms with Crippen molar-refractivity contribution in [2.45, 2.75) is 66.2 Å². The summed E-state index contributed by atoms with van der Waals surface area (Å²) in [6.07, 6.45) is 2.81. The number of para-hydroxylation sites is 1. The smallest absolute Gasteiger partial charge is 0.315 e. The number of aryl methyl sites for hydroxylation is 2. The Morgan fingerprint density at radius 2 is 1.76 bits per heavy atom. The third-order valence-corrected chi connectivity index (χ3v) is 6.42. The maximum Gasteiger partial charge on any atom is 0.322 e. The van der Waals surface area contributed by atoms with Gasteiger partial charge in [0.2, 0.25) is 5.91 Å². The number of nitrogens with one attached hydrogen (secondary N) is 2. The number of benzene rings is 2. The van der Waals surface area contributed by atoms with Gasteiger partial charge in [-0.3, -0.25) is 4.79 Å². The molecule has 1 aromatic heterocycles. The topological polar surface area (TPSA) is 79.3 Å². The van der Waals surface area contributed by atoms with Gasteiger partial charge in [-0.2, -0.15) is 5.10 Å². The third kappa shape index (κ3) is 7.59. The number of hydrogen-bond acceptors (Lipinski definition) is 3. The van der Waals surface area contributed by atoms with Crippen molar-refractivity contribution in [3.8, 4) is 5.69 Å². The van der Waals surface area contributed by atoms with E-state index in [1.165, 1.54) is 0 Å². The SMILES string of the molecule is CCCCCN(CC(=O)Nc1cc(C(C)(C)C)nn1-c1ccccc1Cl)C(=O)Nc1ccc(C)cc1C. The van der Waals surface area contributed by atoms with E-state index in [1.54, 1.807) is 15.6 Å². The minimum absolute atomic E-state index is 0.0843. The average molecular weight is 524 g/mol. The molecule has 37 heavy (non-hydrogen) atoms. The first-order valence-corrected chi connectivity index (χ1v) is 13.2. The Morgan fingerprint density at radius 1 is 1.03 bits per heavy atom. The van der Waals surface area contributed by atoms with E-state index in [9.17, 15) is 9.59 Å². The van der Waals surface area contributed by atoms with Gasteiger partial charge < -0.3 is 15.5 Å². The maximum absolute atomic E-state index is 13.2. The molecule has 3 rings (SSSR count). The van der Waals surface area contributed by atoms with Gasteiger partial charge in [0, 0.05) is 23.7 Å². The molecular formula is C29H38ClN5O2. The summed E-state index contributed by atoms with van der Waals surface area (Å²) in [4.78, 5) is 28.0. The summed E-state index contributed by atoms with van der Waals surface area (Å²) >= 11 is 6.45. The van der Waals surface area contributed by atoms with Crippen molar-refractivity contribution in [2.24, 2.45) is 0 Å². The molecule has 198 valence electrons. The number of carbonyl (C=O) groups is 2. The number of unbranched alkanes of at least 4 members (excludes halogenated alkanes) is 2. The van der Waals surface area contributed by atoms with Crippen molar-refractivity contribution in [3.05, 3.63) is 70.4 Å². The minimum Gasteiger partial charge on any atom is -0.315 e. The molecule has 3 aromatic rings. The molecule has 0 saturated carbocycles. The van der Waals surface area contributed by atoms with Crippen LogP contribution in [0.15, 0.2) is 48.5 Å². The number of hydrogen-bond donors (Lipinski definition) is 2. The second kappa shape index (κ2) is 12.3. The molecule has 0 aliphatic carbocycles. The van der Waals surface area contributed by atoms with Crippen molar-refractivity contribution < 1.29 is 9.59 Å². The fraction of sp³-hybridized carbons (Fsp3) is 0.414. The lowest BCUT2D eigenvalue weighted by atomic mass is 9.92. The van der Waals surface area contributed by atoms with Crippen LogP contribution in [0, 0.1) is 13.8 Å². The lowest BCUT2D eigenvalue weighted by Gasteiger charge is -2.23. The Morgan fingerprint density at radius 3 is 2.41 bits per heavy atom. The van der Waals surface area contributed by atoms with Crippen LogP contribution in [0.25, 0.3) is 5.69 Å². The number of anilines is 2. The third-order valence-electron chi connectivity index (χ3n) is 6.10. The van der Waals surface area contributed by atoms with E-state index in [1.807, 2.05) is 56.3 Å². The van der Waals surface area contributed by atoms with E-state index in [2.05, 4.69) is 38.3 Å². The quantitative estimate of drug-likeness (QED) is 0.293. The molecule has 0 spiro atoms. The number of halogens is 1. The number of urea groups is 1. The van der Waals surface area contributed by atoms with E-state index in [-0.39, 0.29) is 23.9 Å². The minimum atomic E-state index is -0.305. The molecule has 8 heteroatoms. The van der Waals surface area contributed by atoms with Crippen LogP contribution in [0.1, 0.15) is 63.8 Å². The van der Waals surface area contributed by atoms with Crippen LogP contribution in [0.3, 0.4) is 0 Å². The summed E-state index contributed by atoms with van der Waals surface area (Å²) in [7, 11) is 0. The van der Waals surface area contributed by atoms with Gasteiger partial charge in [-0.25, -0.2) is 9.48 Å². The fourth-order valence-electron chi connectivity index (χ4n) is 3.95. The molecule has 1 heterocycles. The summed E-state index contributed by atoms with van der Waals surface area (Å²) in [6, 6.07) is 14.8. The van der Waals surface area contributed by atoms with Crippen molar-refractivity contribution in [2.75, 3.05) is 23.7 Å². The van der Waals surface area contributed by atoms with Gasteiger partial charge in [-0.05, 0) is 44.0 Å². The second-order valence-electron chi connectivity index (χ2n) is 10.5. The van der Waals surface area contributed by atoms with Gasteiger partial charge in [0.05, 0.1) is 16.4 Å². The van der Waals surface area contributed by atoms with Crippen molar-refractivity contribution in [3.63, 3.8) is 0 Å². The van der Waals surface area contributed by atoms with Crippen LogP contribution in [0.2, 0.25) is 5.02 Å². The highest BCUT2D eigenvalue weighted by molar-refractivity contribution is 6.32. The van der Waals surface area contributed by atoms with E-state index in [0.717, 1.165) is 41.8 Å². The van der Waals surface area contributed by atoms with Gasteiger partial charge >= 0.3 is 6.03 Å². The number of amides is 3. The molecule has 0 aliphatic heterocycles. The average Bonchev–Trinajstić information content (AvgIpc) is 3.24. The molecule has 2 N–H and O–H groups in total. The Hall–Kier alpha value is -3.32. The molecule has 0 bridgehead atoms. The van der Waals surface area contributed by atoms with Crippen molar-refractivity contribution in [1.82, 2.24) is 14.7 Å². The zero-order chi connectivity index (χ0) is 27.2. The summed E-state index contributed by atoms with van der Waals surface area (Å²) in [5.41, 5.74) is 4.09. The molecule has 0 unspecified atom stereocenters. The highest BCUT2D eigenvalue weighted by atomic mass is 35.5. The van der Waals surface area contributed by atoms with Gasteiger partial charge in [-0.1, -0.05) is 82.0 Å². The second-order valence-corrected chi connectivity index (χ2v) is 10.9. The van der Waals surface area contributed by atoms with Crippen LogP contribution in [0.4, 0.5) is 16.3 Å². The number of aromatic nitrogens is 2. The Kier molecular flexibility index (Phi) is 9.38. The molecule has 2 aromatic carbocycles. The monoisotopic (exact) mass is 523 g/mol. The summed E-state index contributed by atoms with van der Waals surface area (Å²) < 4.78 is 1.65. The molecule has 7 nitrogen and oxygen atoms in total. The van der Waals surface area contributed by atoms with Crippen LogP contribution in [-0.2, 0) is 10.2 Å². The fourth-order valence-corrected chi connectivity index (χ4v) is 4.17. The first-order valence-electron chi connectivity index (χ1n) is 12.8. The predicted molar refractivity (Wildman–Crippen MR) is 152 cm³/mol. The Balaban J connectivity index is 1.82. The van der Waals surface area contributed by atoms with Gasteiger partial charge in [0.1, 0.15) is 12.4 Å². The largest absolute Gasteiger partial charge is 0.322 e. The Labute approximate surface area is 225 Å². The molecule has 0 saturated heterocycles. The lowest BCUT2D eigenvalue weighted by Crippen LogP contribution is -2.41. The first kappa shape index (κ1) is 28.3. The summed E-state index contributed by atoms with van der Waals surface area (Å²) in [6.45, 7) is 12.7. The highest BCUT2D eigenvalue weighted by Crippen LogP contribution is 2.29. The maximum atomic E-state index is 13.2. The predicted octanol–water partition coefficient (Wildman–Crippen LogP) is 7.10. The Bertz CT molecular complexity index is 1250. The molecule has 0 radical (unpaired) electrons. The first-order chi connectivity index (χ1) is 17.5. The summed E-state index contributed by atoms with van der Waals surface area (Å²) in [5.74, 6) is 0.201. The van der Waals surface area contributed by atoms with E-state index in [0.29, 0.717) is 23.1 Å². The molecular weight excluding hydrogens is 486 g/mol. The molecule has 0 atom stereocenters. The standard InChI is InChI=1S/C29H38ClN5O2/c1-7-8-11-16-34(28(37)31-23-15-14-20(2)17-21(23)3)19-27(36)32-26-18-25(29(4,5)6)33-35(26)24-13-10-9-12-22(24)30/h9-10,12-15,17-18H,7-8,11,16,19H2,1-6H3,(H,31,37)(H,32,36). The van der Waals surface area contributed by atoms with Crippen LogP contribution in [0.5, 0.6) is 0 Å². The van der Waals surface area contributed by atoms with Crippen LogP contribution >= 0.6 is 11.6 Å². The van der Waals surface area contributed by atoms with Crippen molar-refractivity contribution in [1.29, 1.82) is 0 Å². The number of carbonyl (C=O) groups excluding carboxylic acids is 2. The van der Waals surface area contributed by atoms with E-state index >= 15 is 0 Å². The normalized spacial score (nSPS) is 11.3. The molecule has 0 fully saturated rings. The van der Waals surface area contributed by atoms with E-state index < -0.39 is 0 Å². The number of rotatable bonds is 9. The lowest BCUT2D eigenvalue weighted by molar-refractivity contribution is -0.116. The zero-order valence-corrected chi connectivity index (χ0v) is 23.4. The molecule has 0 aliphatic rings. The zero-order valence-electron chi connectivity index (χ0n) is 22.7. The van der Waals surface area contributed by atoms with E-state index in [4.69, 9.17) is 16.7 Å². The van der Waals surface area contributed by atoms with Crippen LogP contribution < -0.4 is 10.6 Å². The van der Waals surface area contributed by atoms with Crippen LogP contribution in [-0.4, -0.2) is 39.7 Å².